The molecule has 0 saturated carbocycles. The number of nitrogens with zero attached hydrogens (tertiary/aromatic N) is 1. The van der Waals surface area contributed by atoms with Crippen LogP contribution >= 0.6 is 0 Å². The monoisotopic (exact) mass is 235 g/mol. The van der Waals surface area contributed by atoms with Crippen molar-refractivity contribution >= 4 is 5.96 Å². The molecule has 0 bridgehead atoms. The summed E-state index contributed by atoms with van der Waals surface area (Å²) in [5, 5.41) is 6.38. The van der Waals surface area contributed by atoms with E-state index in [0.29, 0.717) is 6.54 Å². The largest absolute Gasteiger partial charge is 0.497 e. The second kappa shape index (κ2) is 7.54. The van der Waals surface area contributed by atoms with Crippen LogP contribution in [0.3, 0.4) is 0 Å². The first-order valence-electron chi connectivity index (χ1n) is 5.95. The van der Waals surface area contributed by atoms with E-state index in [0.717, 1.165) is 24.8 Å². The standard InChI is InChI=1S/C13H21N3O/c1-4-14-13(15-5-2)16-10-11-6-8-12(17-3)9-7-11/h6-9H,4-5,10H2,1-3H3,(H2,14,15,16). The SMILES string of the molecule is CCNC(=NCc1ccc(OC)cc1)NCC. The van der Waals surface area contributed by atoms with Gasteiger partial charge in [-0.2, -0.15) is 0 Å². The van der Waals surface area contributed by atoms with Gasteiger partial charge in [0.2, 0.25) is 0 Å². The van der Waals surface area contributed by atoms with Crippen LogP contribution in [0, 0.1) is 0 Å². The van der Waals surface area contributed by atoms with Crippen LogP contribution in [0.15, 0.2) is 29.3 Å². The first-order chi connectivity index (χ1) is 8.30. The third-order valence-electron chi connectivity index (χ3n) is 2.27. The molecule has 0 aromatic heterocycles. The molecule has 0 spiro atoms. The van der Waals surface area contributed by atoms with E-state index in [1.165, 1.54) is 5.56 Å². The molecule has 0 aliphatic rings. The lowest BCUT2D eigenvalue weighted by molar-refractivity contribution is 0.414. The fraction of sp³-hybridized carbons (Fsp3) is 0.462. The van der Waals surface area contributed by atoms with Gasteiger partial charge in [-0.15, -0.1) is 0 Å². The number of guanidine groups is 1. The third-order valence-corrected chi connectivity index (χ3v) is 2.27. The molecule has 0 heterocycles. The number of rotatable bonds is 5. The number of aliphatic imine (C=N–C) groups is 1. The molecule has 0 unspecified atom stereocenters. The van der Waals surface area contributed by atoms with E-state index in [9.17, 15) is 0 Å². The van der Waals surface area contributed by atoms with E-state index in [-0.39, 0.29) is 0 Å². The molecule has 0 atom stereocenters. The van der Waals surface area contributed by atoms with E-state index < -0.39 is 0 Å². The Morgan fingerprint density at radius 3 is 2.18 bits per heavy atom. The van der Waals surface area contributed by atoms with Gasteiger partial charge in [0.1, 0.15) is 5.75 Å². The van der Waals surface area contributed by atoms with Crippen molar-refractivity contribution in [1.29, 1.82) is 0 Å². The number of hydrogen-bond donors (Lipinski definition) is 2. The van der Waals surface area contributed by atoms with Gasteiger partial charge in [0, 0.05) is 13.1 Å². The fourth-order valence-corrected chi connectivity index (χ4v) is 1.41. The molecule has 94 valence electrons. The smallest absolute Gasteiger partial charge is 0.191 e. The summed E-state index contributed by atoms with van der Waals surface area (Å²) in [6.45, 7) is 6.52. The molecule has 1 rings (SSSR count). The molecular formula is C13H21N3O. The maximum Gasteiger partial charge on any atom is 0.191 e. The van der Waals surface area contributed by atoms with Gasteiger partial charge >= 0.3 is 0 Å². The number of hydrogen-bond acceptors (Lipinski definition) is 2. The Hall–Kier alpha value is -1.71. The zero-order chi connectivity index (χ0) is 12.5. The van der Waals surface area contributed by atoms with Gasteiger partial charge < -0.3 is 15.4 Å². The molecule has 2 N–H and O–H groups in total. The third kappa shape index (κ3) is 4.76. The van der Waals surface area contributed by atoms with Crippen LogP contribution in [0.25, 0.3) is 0 Å². The zero-order valence-electron chi connectivity index (χ0n) is 10.8. The highest BCUT2D eigenvalue weighted by atomic mass is 16.5. The topological polar surface area (TPSA) is 45.7 Å². The van der Waals surface area contributed by atoms with Crippen molar-refractivity contribution in [1.82, 2.24) is 10.6 Å². The van der Waals surface area contributed by atoms with Crippen LogP contribution in [0.4, 0.5) is 0 Å². The second-order valence-corrected chi connectivity index (χ2v) is 3.57. The van der Waals surface area contributed by atoms with Crippen LogP contribution in [0.5, 0.6) is 5.75 Å². The maximum atomic E-state index is 5.11. The van der Waals surface area contributed by atoms with E-state index >= 15 is 0 Å². The molecule has 0 amide bonds. The van der Waals surface area contributed by atoms with Crippen molar-refractivity contribution in [2.24, 2.45) is 4.99 Å². The molecule has 4 heteroatoms. The van der Waals surface area contributed by atoms with E-state index in [1.54, 1.807) is 7.11 Å². The fourth-order valence-electron chi connectivity index (χ4n) is 1.41. The Kier molecular flexibility index (Phi) is 5.93. The quantitative estimate of drug-likeness (QED) is 0.604. The van der Waals surface area contributed by atoms with Crippen molar-refractivity contribution in [2.45, 2.75) is 20.4 Å². The Balaban J connectivity index is 2.58. The average molecular weight is 235 g/mol. The minimum absolute atomic E-state index is 0.666. The Labute approximate surface area is 103 Å². The molecule has 0 aliphatic carbocycles. The Morgan fingerprint density at radius 1 is 1.12 bits per heavy atom. The average Bonchev–Trinajstić information content (AvgIpc) is 2.37. The van der Waals surface area contributed by atoms with Gasteiger partial charge in [-0.1, -0.05) is 12.1 Å². The molecule has 4 nitrogen and oxygen atoms in total. The number of benzene rings is 1. The van der Waals surface area contributed by atoms with Gasteiger partial charge in [-0.3, -0.25) is 0 Å². The maximum absolute atomic E-state index is 5.11. The molecule has 0 radical (unpaired) electrons. The van der Waals surface area contributed by atoms with Crippen LogP contribution in [-0.2, 0) is 6.54 Å². The van der Waals surface area contributed by atoms with Crippen molar-refractivity contribution in [3.8, 4) is 5.75 Å². The summed E-state index contributed by atoms with van der Waals surface area (Å²) in [7, 11) is 1.67. The van der Waals surface area contributed by atoms with Gasteiger partial charge in [0.05, 0.1) is 13.7 Å². The second-order valence-electron chi connectivity index (χ2n) is 3.57. The van der Waals surface area contributed by atoms with Crippen LogP contribution in [-0.4, -0.2) is 26.2 Å². The number of methoxy groups -OCH3 is 1. The molecule has 1 aromatic carbocycles. The number of ether oxygens (including phenoxy) is 1. The summed E-state index contributed by atoms with van der Waals surface area (Å²) >= 11 is 0. The van der Waals surface area contributed by atoms with Gasteiger partial charge in [-0.25, -0.2) is 4.99 Å². The summed E-state index contributed by atoms with van der Waals surface area (Å²) in [6, 6.07) is 7.95. The van der Waals surface area contributed by atoms with Crippen molar-refractivity contribution in [2.75, 3.05) is 20.2 Å². The van der Waals surface area contributed by atoms with Crippen molar-refractivity contribution < 1.29 is 4.74 Å². The number of nitrogens with one attached hydrogen (secondary N) is 2. The highest BCUT2D eigenvalue weighted by molar-refractivity contribution is 5.79. The first-order valence-corrected chi connectivity index (χ1v) is 5.95. The Bertz CT molecular complexity index is 338. The summed E-state index contributed by atoms with van der Waals surface area (Å²) in [4.78, 5) is 4.48. The highest BCUT2D eigenvalue weighted by Crippen LogP contribution is 2.11. The molecule has 0 fully saturated rings. The van der Waals surface area contributed by atoms with E-state index in [4.69, 9.17) is 4.74 Å². The van der Waals surface area contributed by atoms with Gasteiger partial charge in [0.25, 0.3) is 0 Å². The molecule has 0 saturated heterocycles. The summed E-state index contributed by atoms with van der Waals surface area (Å²) in [6.07, 6.45) is 0. The molecule has 1 aromatic rings. The van der Waals surface area contributed by atoms with E-state index in [2.05, 4.69) is 29.5 Å². The van der Waals surface area contributed by atoms with Crippen LogP contribution in [0.1, 0.15) is 19.4 Å². The lowest BCUT2D eigenvalue weighted by atomic mass is 10.2. The summed E-state index contributed by atoms with van der Waals surface area (Å²) in [5.41, 5.74) is 1.17. The predicted octanol–water partition coefficient (Wildman–Crippen LogP) is 1.77. The summed E-state index contributed by atoms with van der Waals surface area (Å²) in [5.74, 6) is 1.72. The van der Waals surface area contributed by atoms with Crippen molar-refractivity contribution in [3.63, 3.8) is 0 Å². The first kappa shape index (κ1) is 13.4. The molecule has 17 heavy (non-hydrogen) atoms. The normalized spacial score (nSPS) is 9.59. The van der Waals surface area contributed by atoms with Crippen molar-refractivity contribution in [3.05, 3.63) is 29.8 Å². The Morgan fingerprint density at radius 2 is 1.71 bits per heavy atom. The molecular weight excluding hydrogens is 214 g/mol. The predicted molar refractivity (Wildman–Crippen MR) is 71.5 cm³/mol. The lowest BCUT2D eigenvalue weighted by Crippen LogP contribution is -2.36. The molecule has 0 aliphatic heterocycles. The summed E-state index contributed by atoms with van der Waals surface area (Å²) < 4.78 is 5.11. The van der Waals surface area contributed by atoms with Gasteiger partial charge in [-0.05, 0) is 31.5 Å². The highest BCUT2D eigenvalue weighted by Gasteiger charge is 1.96. The zero-order valence-corrected chi connectivity index (χ0v) is 10.8. The van der Waals surface area contributed by atoms with Crippen LogP contribution in [0.2, 0.25) is 0 Å². The minimum Gasteiger partial charge on any atom is -0.497 e. The van der Waals surface area contributed by atoms with Gasteiger partial charge in [0.15, 0.2) is 5.96 Å². The van der Waals surface area contributed by atoms with Crippen LogP contribution < -0.4 is 15.4 Å². The van der Waals surface area contributed by atoms with E-state index in [1.807, 2.05) is 24.3 Å². The lowest BCUT2D eigenvalue weighted by Gasteiger charge is -2.09. The minimum atomic E-state index is 0.666.